The second-order valence-corrected chi connectivity index (χ2v) is 2.74. The lowest BCUT2D eigenvalue weighted by atomic mass is 10.2. The van der Waals surface area contributed by atoms with Gasteiger partial charge in [0.2, 0.25) is 0 Å². The zero-order valence-corrected chi connectivity index (χ0v) is 6.17. The standard InChI is InChI=1S/C10H6.H3N/c1-2-4-9-7(3-1)5-8-6-10(8)9;/h1-6H;1H3. The second-order valence-electron chi connectivity index (χ2n) is 2.74. The summed E-state index contributed by atoms with van der Waals surface area (Å²) in [4.78, 5) is 0. The molecule has 1 nitrogen and oxygen atoms in total. The summed E-state index contributed by atoms with van der Waals surface area (Å²) in [6, 6.07) is 13.0. The maximum Gasteiger partial charge on any atom is -0.00988 e. The SMILES string of the molecule is N.c1ccc2c3cc-3cc2c1. The van der Waals surface area contributed by atoms with Crippen LogP contribution < -0.4 is 6.15 Å². The van der Waals surface area contributed by atoms with Crippen LogP contribution >= 0.6 is 0 Å². The van der Waals surface area contributed by atoms with Crippen LogP contribution in [-0.2, 0) is 0 Å². The van der Waals surface area contributed by atoms with Crippen molar-refractivity contribution in [3.05, 3.63) is 36.4 Å². The highest BCUT2D eigenvalue weighted by Crippen LogP contribution is 2.42. The highest BCUT2D eigenvalue weighted by atomic mass is 14.2. The van der Waals surface area contributed by atoms with Gasteiger partial charge in [0.1, 0.15) is 0 Å². The smallest absolute Gasteiger partial charge is 0.00988 e. The average Bonchev–Trinajstić information content (AvgIpc) is 2.64. The van der Waals surface area contributed by atoms with Crippen molar-refractivity contribution in [2.24, 2.45) is 0 Å². The van der Waals surface area contributed by atoms with Crippen LogP contribution in [0.2, 0.25) is 0 Å². The topological polar surface area (TPSA) is 35.0 Å². The second kappa shape index (κ2) is 1.83. The number of fused-ring (bicyclic) bond motifs is 3. The van der Waals surface area contributed by atoms with E-state index in [1.807, 2.05) is 0 Å². The third-order valence-electron chi connectivity index (χ3n) is 2.09. The largest absolute Gasteiger partial charge is 0.344 e. The predicted molar refractivity (Wildman–Crippen MR) is 48.0 cm³/mol. The van der Waals surface area contributed by atoms with E-state index in [0.717, 1.165) is 0 Å². The van der Waals surface area contributed by atoms with E-state index in [-0.39, 0.29) is 6.15 Å². The van der Waals surface area contributed by atoms with Gasteiger partial charge in [-0.25, -0.2) is 0 Å². The quantitative estimate of drug-likeness (QED) is 0.515. The Kier molecular flexibility index (Phi) is 1.06. The zero-order valence-electron chi connectivity index (χ0n) is 6.17. The van der Waals surface area contributed by atoms with Gasteiger partial charge in [-0.1, -0.05) is 24.3 Å². The number of hydrogen-bond donors (Lipinski definition) is 1. The summed E-state index contributed by atoms with van der Waals surface area (Å²) in [5, 5.41) is 2.80. The van der Waals surface area contributed by atoms with Crippen molar-refractivity contribution in [3.63, 3.8) is 0 Å². The van der Waals surface area contributed by atoms with E-state index < -0.39 is 0 Å². The van der Waals surface area contributed by atoms with E-state index in [9.17, 15) is 0 Å². The summed E-state index contributed by atoms with van der Waals surface area (Å²) >= 11 is 0. The molecule has 3 rings (SSSR count). The lowest BCUT2D eigenvalue weighted by Gasteiger charge is -1.85. The molecular weight excluding hydrogens is 134 g/mol. The molecule has 54 valence electrons. The fourth-order valence-electron chi connectivity index (χ4n) is 1.51. The minimum Gasteiger partial charge on any atom is -0.344 e. The van der Waals surface area contributed by atoms with Gasteiger partial charge >= 0.3 is 0 Å². The Morgan fingerprint density at radius 2 is 1.73 bits per heavy atom. The molecule has 1 aromatic rings. The van der Waals surface area contributed by atoms with Crippen molar-refractivity contribution in [2.45, 2.75) is 0 Å². The van der Waals surface area contributed by atoms with Gasteiger partial charge in [-0.15, -0.1) is 0 Å². The molecule has 0 unspecified atom stereocenters. The summed E-state index contributed by atoms with van der Waals surface area (Å²) in [6.07, 6.45) is 0. The molecule has 0 aromatic heterocycles. The van der Waals surface area contributed by atoms with Gasteiger partial charge in [0.25, 0.3) is 0 Å². The van der Waals surface area contributed by atoms with Crippen LogP contribution in [0.5, 0.6) is 0 Å². The summed E-state index contributed by atoms with van der Waals surface area (Å²) in [7, 11) is 0. The Labute approximate surface area is 65.2 Å². The van der Waals surface area contributed by atoms with Crippen molar-refractivity contribution in [1.29, 1.82) is 0 Å². The lowest BCUT2D eigenvalue weighted by Crippen LogP contribution is -1.59. The van der Waals surface area contributed by atoms with Crippen LogP contribution in [-0.4, -0.2) is 0 Å². The van der Waals surface area contributed by atoms with Crippen molar-refractivity contribution in [1.82, 2.24) is 6.15 Å². The molecular formula is C10H9N. The molecule has 3 N–H and O–H groups in total. The Bertz CT molecular complexity index is 418. The molecule has 11 heavy (non-hydrogen) atoms. The molecule has 0 aliphatic heterocycles. The van der Waals surface area contributed by atoms with Gasteiger partial charge in [-0.2, -0.15) is 0 Å². The molecule has 0 saturated heterocycles. The van der Waals surface area contributed by atoms with Crippen LogP contribution in [0.15, 0.2) is 36.4 Å². The first-order chi connectivity index (χ1) is 4.95. The Hall–Kier alpha value is -1.34. The number of benzene rings is 2. The van der Waals surface area contributed by atoms with Crippen molar-refractivity contribution in [2.75, 3.05) is 0 Å². The molecule has 0 amide bonds. The van der Waals surface area contributed by atoms with Gasteiger partial charge in [0.05, 0.1) is 0 Å². The molecule has 1 aromatic carbocycles. The highest BCUT2D eigenvalue weighted by Gasteiger charge is 2.15. The van der Waals surface area contributed by atoms with Crippen molar-refractivity contribution >= 4 is 10.8 Å². The molecule has 0 atom stereocenters. The lowest BCUT2D eigenvalue weighted by molar-refractivity contribution is 1.85. The van der Waals surface area contributed by atoms with Crippen molar-refractivity contribution in [3.8, 4) is 11.1 Å². The van der Waals surface area contributed by atoms with E-state index in [4.69, 9.17) is 0 Å². The maximum absolute atomic E-state index is 2.24. The van der Waals surface area contributed by atoms with Crippen LogP contribution in [0.3, 0.4) is 0 Å². The van der Waals surface area contributed by atoms with E-state index in [2.05, 4.69) is 36.4 Å². The first-order valence-electron chi connectivity index (χ1n) is 3.48. The van der Waals surface area contributed by atoms with Crippen LogP contribution in [0.1, 0.15) is 0 Å². The summed E-state index contributed by atoms with van der Waals surface area (Å²) in [5.74, 6) is 0. The van der Waals surface area contributed by atoms with E-state index in [1.165, 1.54) is 21.9 Å². The Morgan fingerprint density at radius 1 is 0.909 bits per heavy atom. The molecule has 2 aliphatic carbocycles. The molecule has 0 fully saturated rings. The molecule has 0 saturated carbocycles. The molecule has 2 aliphatic rings. The van der Waals surface area contributed by atoms with Crippen LogP contribution in [0.4, 0.5) is 0 Å². The van der Waals surface area contributed by atoms with Gasteiger partial charge in [0.15, 0.2) is 0 Å². The third kappa shape index (κ3) is 0.686. The first kappa shape index (κ1) is 6.38. The van der Waals surface area contributed by atoms with Crippen LogP contribution in [0.25, 0.3) is 21.9 Å². The number of rotatable bonds is 0. The highest BCUT2D eigenvalue weighted by molar-refractivity contribution is 6.09. The molecule has 1 heteroatoms. The normalized spacial score (nSPS) is 10.9. The van der Waals surface area contributed by atoms with Gasteiger partial charge in [0, 0.05) is 0 Å². The van der Waals surface area contributed by atoms with E-state index >= 15 is 0 Å². The summed E-state index contributed by atoms with van der Waals surface area (Å²) < 4.78 is 0. The minimum atomic E-state index is 0. The fraction of sp³-hybridized carbons (Fsp3) is 0. The molecule has 0 spiro atoms. The van der Waals surface area contributed by atoms with Gasteiger partial charge in [-0.05, 0) is 34.0 Å². The fourth-order valence-corrected chi connectivity index (χ4v) is 1.51. The predicted octanol–water partition coefficient (Wildman–Crippen LogP) is 2.98. The van der Waals surface area contributed by atoms with E-state index in [1.54, 1.807) is 0 Å². The van der Waals surface area contributed by atoms with Gasteiger partial charge < -0.3 is 6.15 Å². The molecule has 0 bridgehead atoms. The molecule has 0 radical (unpaired) electrons. The average molecular weight is 143 g/mol. The minimum absolute atomic E-state index is 0. The van der Waals surface area contributed by atoms with Crippen LogP contribution in [0, 0.1) is 0 Å². The maximum atomic E-state index is 2.24. The van der Waals surface area contributed by atoms with Crippen molar-refractivity contribution < 1.29 is 0 Å². The summed E-state index contributed by atoms with van der Waals surface area (Å²) in [6.45, 7) is 0. The van der Waals surface area contributed by atoms with Gasteiger partial charge in [-0.3, -0.25) is 0 Å². The van der Waals surface area contributed by atoms with E-state index in [0.29, 0.717) is 0 Å². The number of hydrogen-bond acceptors (Lipinski definition) is 1. The zero-order chi connectivity index (χ0) is 6.55. The third-order valence-corrected chi connectivity index (χ3v) is 2.09. The Balaban J connectivity index is 0.000000480. The Morgan fingerprint density at radius 3 is 2.55 bits per heavy atom. The summed E-state index contributed by atoms with van der Waals surface area (Å²) in [5.41, 5.74) is 2.89. The first-order valence-corrected chi connectivity index (χ1v) is 3.48. The molecule has 0 heterocycles. The monoisotopic (exact) mass is 143 g/mol.